The molecule has 1 aliphatic heterocycles. The Morgan fingerprint density at radius 3 is 2.71 bits per heavy atom. The minimum atomic E-state index is 0.478. The second-order valence-corrected chi connectivity index (χ2v) is 4.59. The first-order valence-corrected chi connectivity index (χ1v) is 5.41. The fraction of sp³-hybridized carbons (Fsp3) is 0.600. The maximum Gasteiger partial charge on any atom is 0.151 e. The molecule has 0 spiro atoms. The summed E-state index contributed by atoms with van der Waals surface area (Å²) in [4.78, 5) is 0. The van der Waals surface area contributed by atoms with Crippen molar-refractivity contribution in [2.45, 2.75) is 6.42 Å². The molecule has 1 aliphatic carbocycles. The van der Waals surface area contributed by atoms with Crippen molar-refractivity contribution in [2.75, 3.05) is 13.1 Å². The van der Waals surface area contributed by atoms with Gasteiger partial charge in [0.2, 0.25) is 0 Å². The number of hydrogen-bond donors (Lipinski definition) is 1. The van der Waals surface area contributed by atoms with E-state index in [0.29, 0.717) is 5.15 Å². The van der Waals surface area contributed by atoms with Gasteiger partial charge in [0.05, 0.1) is 5.69 Å². The lowest BCUT2D eigenvalue weighted by molar-refractivity contribution is 0.585. The second-order valence-electron chi connectivity index (χ2n) is 4.20. The van der Waals surface area contributed by atoms with Gasteiger partial charge in [0.15, 0.2) is 5.15 Å². The number of nitrogens with one attached hydrogen (secondary N) is 1. The van der Waals surface area contributed by atoms with Crippen molar-refractivity contribution < 1.29 is 0 Å². The fourth-order valence-corrected chi connectivity index (χ4v) is 2.64. The SMILES string of the molecule is Clc1ccc(CC2[C@H]3CNC[C@@H]23)nn1. The summed E-state index contributed by atoms with van der Waals surface area (Å²) in [5.74, 6) is 2.63. The molecule has 1 aromatic heterocycles. The van der Waals surface area contributed by atoms with Crippen molar-refractivity contribution in [3.8, 4) is 0 Å². The summed E-state index contributed by atoms with van der Waals surface area (Å²) in [7, 11) is 0. The highest BCUT2D eigenvalue weighted by Gasteiger charge is 2.52. The summed E-state index contributed by atoms with van der Waals surface area (Å²) in [5, 5.41) is 11.8. The Bertz CT molecular complexity index is 328. The normalized spacial score (nSPS) is 34.2. The van der Waals surface area contributed by atoms with E-state index in [1.165, 1.54) is 13.1 Å². The van der Waals surface area contributed by atoms with Crippen LogP contribution in [0.15, 0.2) is 12.1 Å². The topological polar surface area (TPSA) is 37.8 Å². The highest BCUT2D eigenvalue weighted by molar-refractivity contribution is 6.29. The van der Waals surface area contributed by atoms with Gasteiger partial charge in [-0.1, -0.05) is 11.6 Å². The highest BCUT2D eigenvalue weighted by Crippen LogP contribution is 2.50. The van der Waals surface area contributed by atoms with Gasteiger partial charge < -0.3 is 5.32 Å². The van der Waals surface area contributed by atoms with Crippen LogP contribution >= 0.6 is 11.6 Å². The van der Waals surface area contributed by atoms with Gasteiger partial charge in [-0.3, -0.25) is 0 Å². The highest BCUT2D eigenvalue weighted by atomic mass is 35.5. The smallest absolute Gasteiger partial charge is 0.151 e. The van der Waals surface area contributed by atoms with Crippen molar-refractivity contribution in [2.24, 2.45) is 17.8 Å². The molecule has 1 aromatic rings. The Morgan fingerprint density at radius 2 is 2.07 bits per heavy atom. The van der Waals surface area contributed by atoms with Gasteiger partial charge in [-0.05, 0) is 49.4 Å². The molecule has 0 amide bonds. The lowest BCUT2D eigenvalue weighted by Crippen LogP contribution is -2.15. The average molecular weight is 210 g/mol. The Labute approximate surface area is 87.9 Å². The number of hydrogen-bond acceptors (Lipinski definition) is 3. The third-order valence-corrected chi connectivity index (χ3v) is 3.60. The van der Waals surface area contributed by atoms with Crippen LogP contribution in [-0.4, -0.2) is 23.3 Å². The predicted molar refractivity (Wildman–Crippen MR) is 54.1 cm³/mol. The zero-order valence-corrected chi connectivity index (χ0v) is 8.54. The van der Waals surface area contributed by atoms with E-state index in [-0.39, 0.29) is 0 Å². The Balaban J connectivity index is 1.65. The van der Waals surface area contributed by atoms with Crippen LogP contribution < -0.4 is 5.32 Å². The van der Waals surface area contributed by atoms with Crippen LogP contribution in [0.25, 0.3) is 0 Å². The minimum absolute atomic E-state index is 0.478. The molecule has 2 fully saturated rings. The van der Waals surface area contributed by atoms with E-state index in [2.05, 4.69) is 15.5 Å². The molecule has 1 unspecified atom stereocenters. The van der Waals surface area contributed by atoms with Crippen molar-refractivity contribution in [3.63, 3.8) is 0 Å². The lowest BCUT2D eigenvalue weighted by Gasteiger charge is -2.02. The van der Waals surface area contributed by atoms with E-state index in [1.807, 2.05) is 12.1 Å². The van der Waals surface area contributed by atoms with E-state index < -0.39 is 0 Å². The second kappa shape index (κ2) is 3.17. The summed E-state index contributed by atoms with van der Waals surface area (Å²) in [6, 6.07) is 3.80. The third-order valence-electron chi connectivity index (χ3n) is 3.40. The van der Waals surface area contributed by atoms with E-state index in [4.69, 9.17) is 11.6 Å². The molecule has 2 heterocycles. The molecular formula is C10H12ClN3. The van der Waals surface area contributed by atoms with E-state index in [9.17, 15) is 0 Å². The number of fused-ring (bicyclic) bond motifs is 1. The Hall–Kier alpha value is -0.670. The van der Waals surface area contributed by atoms with Crippen LogP contribution in [0.4, 0.5) is 0 Å². The summed E-state index contributed by atoms with van der Waals surface area (Å²) in [5.41, 5.74) is 1.08. The summed E-state index contributed by atoms with van der Waals surface area (Å²) in [6.07, 6.45) is 1.07. The van der Waals surface area contributed by atoms with Crippen LogP contribution in [0.5, 0.6) is 0 Å². The molecule has 0 aromatic carbocycles. The van der Waals surface area contributed by atoms with E-state index in [0.717, 1.165) is 29.9 Å². The first kappa shape index (κ1) is 8.62. The molecule has 0 bridgehead atoms. The largest absolute Gasteiger partial charge is 0.316 e. The maximum absolute atomic E-state index is 5.68. The van der Waals surface area contributed by atoms with Crippen LogP contribution in [0, 0.1) is 17.8 Å². The predicted octanol–water partition coefficient (Wildman–Crippen LogP) is 1.14. The summed E-state index contributed by atoms with van der Waals surface area (Å²) >= 11 is 5.68. The number of rotatable bonds is 2. The molecule has 1 saturated heterocycles. The molecule has 1 N–H and O–H groups in total. The molecule has 3 atom stereocenters. The number of halogens is 1. The molecule has 1 saturated carbocycles. The number of aromatic nitrogens is 2. The first-order chi connectivity index (χ1) is 6.84. The molecule has 74 valence electrons. The zero-order valence-electron chi connectivity index (χ0n) is 7.78. The van der Waals surface area contributed by atoms with Crippen molar-refractivity contribution >= 4 is 11.6 Å². The van der Waals surface area contributed by atoms with Gasteiger partial charge in [-0.25, -0.2) is 0 Å². The lowest BCUT2D eigenvalue weighted by atomic mass is 10.1. The summed E-state index contributed by atoms with van der Waals surface area (Å²) in [6.45, 7) is 2.38. The van der Waals surface area contributed by atoms with Crippen LogP contribution in [0.2, 0.25) is 5.15 Å². The Kier molecular flexibility index (Phi) is 1.96. The number of nitrogens with zero attached hydrogens (tertiary/aromatic N) is 2. The van der Waals surface area contributed by atoms with Gasteiger partial charge in [-0.2, -0.15) is 5.10 Å². The molecule has 3 rings (SSSR count). The zero-order chi connectivity index (χ0) is 9.54. The third kappa shape index (κ3) is 1.41. The van der Waals surface area contributed by atoms with Crippen molar-refractivity contribution in [3.05, 3.63) is 23.0 Å². The fourth-order valence-electron chi connectivity index (χ4n) is 2.54. The average Bonchev–Trinajstić information content (AvgIpc) is 2.63. The van der Waals surface area contributed by atoms with Gasteiger partial charge in [-0.15, -0.1) is 5.10 Å². The van der Waals surface area contributed by atoms with Crippen molar-refractivity contribution in [1.82, 2.24) is 15.5 Å². The maximum atomic E-state index is 5.68. The van der Waals surface area contributed by atoms with Gasteiger partial charge in [0, 0.05) is 0 Å². The van der Waals surface area contributed by atoms with Crippen LogP contribution in [0.3, 0.4) is 0 Å². The molecular weight excluding hydrogens is 198 g/mol. The molecule has 3 nitrogen and oxygen atoms in total. The van der Waals surface area contributed by atoms with Gasteiger partial charge in [0.1, 0.15) is 0 Å². The quantitative estimate of drug-likeness (QED) is 0.794. The molecule has 4 heteroatoms. The number of piperidine rings is 1. The van der Waals surface area contributed by atoms with Crippen molar-refractivity contribution in [1.29, 1.82) is 0 Å². The standard InChI is InChI=1S/C10H12ClN3/c11-10-2-1-6(13-14-10)3-7-8-4-12-5-9(7)8/h1-2,7-9,12H,3-5H2/t7?,8-,9+. The first-order valence-electron chi connectivity index (χ1n) is 5.03. The van der Waals surface area contributed by atoms with Gasteiger partial charge >= 0.3 is 0 Å². The van der Waals surface area contributed by atoms with E-state index in [1.54, 1.807) is 0 Å². The molecule has 2 aliphatic rings. The monoisotopic (exact) mass is 209 g/mol. The van der Waals surface area contributed by atoms with Crippen LogP contribution in [-0.2, 0) is 6.42 Å². The van der Waals surface area contributed by atoms with Crippen LogP contribution in [0.1, 0.15) is 5.69 Å². The molecule has 14 heavy (non-hydrogen) atoms. The molecule has 0 radical (unpaired) electrons. The minimum Gasteiger partial charge on any atom is -0.316 e. The van der Waals surface area contributed by atoms with E-state index >= 15 is 0 Å². The van der Waals surface area contributed by atoms with Gasteiger partial charge in [0.25, 0.3) is 0 Å². The summed E-state index contributed by atoms with van der Waals surface area (Å²) < 4.78 is 0. The Morgan fingerprint density at radius 1 is 1.29 bits per heavy atom.